The minimum absolute atomic E-state index is 0.321. The van der Waals surface area contributed by atoms with Gasteiger partial charge < -0.3 is 10.5 Å². The van der Waals surface area contributed by atoms with Crippen molar-refractivity contribution in [3.05, 3.63) is 62.2 Å². The number of nitrogens with zero attached hydrogens (tertiary/aromatic N) is 2. The fourth-order valence-corrected chi connectivity index (χ4v) is 3.04. The zero-order valence-electron chi connectivity index (χ0n) is 12.8. The summed E-state index contributed by atoms with van der Waals surface area (Å²) < 4.78 is 5.76. The smallest absolute Gasteiger partial charge is 0.338 e. The Labute approximate surface area is 142 Å². The van der Waals surface area contributed by atoms with Gasteiger partial charge in [-0.1, -0.05) is 12.1 Å². The number of halogens is 1. The van der Waals surface area contributed by atoms with Crippen molar-refractivity contribution in [2.75, 3.05) is 12.3 Å². The molecule has 0 amide bonds. The summed E-state index contributed by atoms with van der Waals surface area (Å²) in [4.78, 5) is 20.9. The summed E-state index contributed by atoms with van der Waals surface area (Å²) in [5.74, 6) is -0.325. The zero-order chi connectivity index (χ0) is 16.6. The van der Waals surface area contributed by atoms with Gasteiger partial charge in [0, 0.05) is 0 Å². The molecule has 2 aromatic rings. The van der Waals surface area contributed by atoms with Crippen molar-refractivity contribution in [2.24, 2.45) is 9.98 Å². The highest BCUT2D eigenvalue weighted by molar-refractivity contribution is 9.10. The van der Waals surface area contributed by atoms with Crippen molar-refractivity contribution in [2.45, 2.75) is 20.0 Å². The first-order valence-corrected chi connectivity index (χ1v) is 8.08. The van der Waals surface area contributed by atoms with Crippen LogP contribution >= 0.6 is 15.9 Å². The summed E-state index contributed by atoms with van der Waals surface area (Å²) in [6, 6.07) is 9.10. The maximum Gasteiger partial charge on any atom is 0.338 e. The number of benzene rings is 2. The lowest BCUT2D eigenvalue weighted by Gasteiger charge is -2.06. The standard InChI is InChI=1S/C17H16BrN3O2/c1-3-23-17(22)11-6-4-10(5-7-11)16-20-12-8-9(2)14(19)13(18)15(12)21-16/h4-8,16H,3,19H2,1-2H3/t16-/m1/s1. The van der Waals surface area contributed by atoms with Crippen LogP contribution in [-0.4, -0.2) is 12.6 Å². The van der Waals surface area contributed by atoms with Gasteiger partial charge in [-0.15, -0.1) is 0 Å². The molecule has 0 unspecified atom stereocenters. The lowest BCUT2D eigenvalue weighted by Crippen LogP contribution is -2.24. The molecule has 1 heterocycles. The van der Waals surface area contributed by atoms with E-state index in [1.54, 1.807) is 19.1 Å². The number of aryl methyl sites for hydroxylation is 1. The Hall–Kier alpha value is -2.21. The number of anilines is 1. The quantitative estimate of drug-likeness (QED) is 0.662. The number of fused-ring (bicyclic) bond motifs is 1. The molecule has 2 N–H and O–H groups in total. The third kappa shape index (κ3) is 2.86. The first-order chi connectivity index (χ1) is 11.0. The summed E-state index contributed by atoms with van der Waals surface area (Å²) in [7, 11) is 0. The van der Waals surface area contributed by atoms with Crippen LogP contribution in [0.15, 0.2) is 44.8 Å². The molecule has 118 valence electrons. The molecule has 0 aliphatic carbocycles. The van der Waals surface area contributed by atoms with Gasteiger partial charge in [0.05, 0.1) is 27.7 Å². The van der Waals surface area contributed by atoms with E-state index in [2.05, 4.69) is 25.9 Å². The number of hydrogen-bond acceptors (Lipinski definition) is 5. The third-order valence-electron chi connectivity index (χ3n) is 3.70. The maximum absolute atomic E-state index is 11.7. The molecule has 0 bridgehead atoms. The van der Waals surface area contributed by atoms with Gasteiger partial charge in [-0.25, -0.2) is 4.79 Å². The van der Waals surface area contributed by atoms with E-state index in [1.165, 1.54) is 0 Å². The van der Waals surface area contributed by atoms with E-state index in [1.807, 2.05) is 25.1 Å². The number of carbonyl (C=O) groups is 1. The molecule has 5 nitrogen and oxygen atoms in total. The van der Waals surface area contributed by atoms with Crippen molar-refractivity contribution in [1.82, 2.24) is 0 Å². The lowest BCUT2D eigenvalue weighted by atomic mass is 10.1. The highest BCUT2D eigenvalue weighted by atomic mass is 79.9. The van der Waals surface area contributed by atoms with Gasteiger partial charge >= 0.3 is 5.97 Å². The lowest BCUT2D eigenvalue weighted by molar-refractivity contribution is 0.0526. The highest BCUT2D eigenvalue weighted by Gasteiger charge is 2.17. The predicted octanol–water partition coefficient (Wildman–Crippen LogP) is 2.47. The maximum atomic E-state index is 11.7. The topological polar surface area (TPSA) is 77.0 Å². The van der Waals surface area contributed by atoms with E-state index in [-0.39, 0.29) is 12.1 Å². The number of nitrogens with two attached hydrogens (primary N) is 1. The summed E-state index contributed by atoms with van der Waals surface area (Å²) in [5, 5.41) is 1.59. The van der Waals surface area contributed by atoms with Crippen LogP contribution in [0.25, 0.3) is 0 Å². The van der Waals surface area contributed by atoms with E-state index in [0.29, 0.717) is 17.9 Å². The van der Waals surface area contributed by atoms with Crippen LogP contribution in [0, 0.1) is 6.92 Å². The Balaban J connectivity index is 1.95. The van der Waals surface area contributed by atoms with Crippen LogP contribution < -0.4 is 16.4 Å². The van der Waals surface area contributed by atoms with Crippen LogP contribution in [0.2, 0.25) is 0 Å². The molecule has 6 heteroatoms. The number of ether oxygens (including phenoxy) is 1. The van der Waals surface area contributed by atoms with Gasteiger partial charge in [-0.3, -0.25) is 9.98 Å². The molecule has 23 heavy (non-hydrogen) atoms. The number of hydrogen-bond donors (Lipinski definition) is 1. The minimum atomic E-state index is -0.325. The molecular weight excluding hydrogens is 358 g/mol. The van der Waals surface area contributed by atoms with Crippen molar-refractivity contribution in [3.63, 3.8) is 0 Å². The van der Waals surface area contributed by atoms with Gasteiger partial charge in [0.2, 0.25) is 0 Å². The average Bonchev–Trinajstić information content (AvgIpc) is 2.97. The summed E-state index contributed by atoms with van der Waals surface area (Å²) in [5.41, 5.74) is 9.10. The van der Waals surface area contributed by atoms with Crippen molar-refractivity contribution in [1.29, 1.82) is 0 Å². The monoisotopic (exact) mass is 373 g/mol. The average molecular weight is 374 g/mol. The van der Waals surface area contributed by atoms with Gasteiger partial charge in [-0.05, 0) is 59.1 Å². The first-order valence-electron chi connectivity index (χ1n) is 7.28. The van der Waals surface area contributed by atoms with Crippen LogP contribution in [0.3, 0.4) is 0 Å². The molecule has 0 spiro atoms. The fourth-order valence-electron chi connectivity index (χ4n) is 2.42. The van der Waals surface area contributed by atoms with Crippen LogP contribution in [0.4, 0.5) is 5.69 Å². The van der Waals surface area contributed by atoms with Gasteiger partial charge in [0.1, 0.15) is 5.36 Å². The molecule has 1 aliphatic rings. The van der Waals surface area contributed by atoms with Crippen molar-refractivity contribution in [3.8, 4) is 0 Å². The molecule has 1 aliphatic heterocycles. The Morgan fingerprint density at radius 1 is 1.30 bits per heavy atom. The molecule has 3 rings (SSSR count). The largest absolute Gasteiger partial charge is 0.462 e. The molecule has 0 saturated heterocycles. The summed E-state index contributed by atoms with van der Waals surface area (Å²) in [6.07, 6.45) is -0.321. The van der Waals surface area contributed by atoms with Crippen LogP contribution in [0.1, 0.15) is 34.6 Å². The number of nitrogen functional groups attached to an aromatic ring is 1. The predicted molar refractivity (Wildman–Crippen MR) is 90.7 cm³/mol. The number of carbonyl (C=O) groups excluding carboxylic acids is 1. The highest BCUT2D eigenvalue weighted by Crippen LogP contribution is 2.23. The first kappa shape index (κ1) is 15.7. The SMILES string of the molecule is CCOC(=O)c1ccc([C@@H]2N=c3cc(C)c(N)c(Br)c3=N2)cc1. The summed E-state index contributed by atoms with van der Waals surface area (Å²) >= 11 is 3.49. The Morgan fingerprint density at radius 2 is 2.00 bits per heavy atom. The van der Waals surface area contributed by atoms with Crippen LogP contribution in [0.5, 0.6) is 0 Å². The van der Waals surface area contributed by atoms with Gasteiger partial charge in [0.15, 0.2) is 6.17 Å². The Bertz CT molecular complexity index is 892. The molecule has 1 atom stereocenters. The van der Waals surface area contributed by atoms with Gasteiger partial charge in [0.25, 0.3) is 0 Å². The normalized spacial score (nSPS) is 15.5. The minimum Gasteiger partial charge on any atom is -0.462 e. The van der Waals surface area contributed by atoms with E-state index in [4.69, 9.17) is 10.5 Å². The van der Waals surface area contributed by atoms with E-state index in [9.17, 15) is 4.79 Å². The number of esters is 1. The number of rotatable bonds is 3. The Morgan fingerprint density at radius 3 is 2.65 bits per heavy atom. The zero-order valence-corrected chi connectivity index (χ0v) is 14.4. The van der Waals surface area contributed by atoms with Gasteiger partial charge in [-0.2, -0.15) is 0 Å². The second kappa shape index (κ2) is 6.12. The molecule has 2 aromatic carbocycles. The van der Waals surface area contributed by atoms with E-state index in [0.717, 1.165) is 26.3 Å². The molecular formula is C17H16BrN3O2. The second-order valence-electron chi connectivity index (χ2n) is 5.26. The third-order valence-corrected chi connectivity index (χ3v) is 4.50. The molecule has 0 fully saturated rings. The molecule has 0 saturated carbocycles. The molecule has 0 aromatic heterocycles. The van der Waals surface area contributed by atoms with E-state index < -0.39 is 0 Å². The summed E-state index contributed by atoms with van der Waals surface area (Å²) in [6.45, 7) is 4.08. The Kier molecular flexibility index (Phi) is 4.17. The van der Waals surface area contributed by atoms with Crippen molar-refractivity contribution < 1.29 is 9.53 Å². The fraction of sp³-hybridized carbons (Fsp3) is 0.235. The molecule has 0 radical (unpaired) electrons. The van der Waals surface area contributed by atoms with E-state index >= 15 is 0 Å². The van der Waals surface area contributed by atoms with Crippen LogP contribution in [-0.2, 0) is 4.74 Å². The van der Waals surface area contributed by atoms with Crippen molar-refractivity contribution >= 4 is 27.6 Å². The second-order valence-corrected chi connectivity index (χ2v) is 6.06.